The van der Waals surface area contributed by atoms with Gasteiger partial charge in [-0.15, -0.1) is 0 Å². The van der Waals surface area contributed by atoms with Crippen molar-refractivity contribution in [3.63, 3.8) is 0 Å². The van der Waals surface area contributed by atoms with E-state index in [1.807, 2.05) is 11.9 Å². The lowest BCUT2D eigenvalue weighted by atomic mass is 9.46. The molecule has 0 aromatic rings. The normalized spacial score (nSPS) is 40.2. The van der Waals surface area contributed by atoms with Gasteiger partial charge in [0, 0.05) is 31.5 Å². The monoisotopic (exact) mass is 266 g/mol. The third-order valence-corrected chi connectivity index (χ3v) is 5.61. The minimum Gasteiger partial charge on any atom is -0.377 e. The van der Waals surface area contributed by atoms with Crippen LogP contribution < -0.4 is 5.73 Å². The molecule has 2 N–H and O–H groups in total. The molecule has 4 nitrogen and oxygen atoms in total. The van der Waals surface area contributed by atoms with Crippen LogP contribution in [0, 0.1) is 17.3 Å². The summed E-state index contributed by atoms with van der Waals surface area (Å²) < 4.78 is 5.86. The SMILES string of the molecule is CN(CC1CC1)C(=O)C1(N)C2CCCOC2C1(C)C. The van der Waals surface area contributed by atoms with E-state index in [1.165, 1.54) is 12.8 Å². The predicted octanol–water partition coefficient (Wildman–Crippen LogP) is 1.39. The van der Waals surface area contributed by atoms with E-state index in [0.717, 1.165) is 26.0 Å². The highest BCUT2D eigenvalue weighted by atomic mass is 16.5. The van der Waals surface area contributed by atoms with Gasteiger partial charge >= 0.3 is 0 Å². The molecule has 0 aromatic heterocycles. The first kappa shape index (κ1) is 13.4. The number of carbonyl (C=O) groups excluding carboxylic acids is 1. The lowest BCUT2D eigenvalue weighted by Crippen LogP contribution is -2.82. The molecule has 2 aliphatic carbocycles. The Labute approximate surface area is 115 Å². The van der Waals surface area contributed by atoms with Crippen LogP contribution in [0.2, 0.25) is 0 Å². The van der Waals surface area contributed by atoms with Crippen molar-refractivity contribution >= 4 is 5.91 Å². The second kappa shape index (κ2) is 4.19. The predicted molar refractivity (Wildman–Crippen MR) is 73.5 cm³/mol. The summed E-state index contributed by atoms with van der Waals surface area (Å²) in [6.07, 6.45) is 4.72. The zero-order valence-corrected chi connectivity index (χ0v) is 12.3. The molecule has 1 amide bonds. The Hall–Kier alpha value is -0.610. The Morgan fingerprint density at radius 2 is 2.05 bits per heavy atom. The molecule has 108 valence electrons. The lowest BCUT2D eigenvalue weighted by Gasteiger charge is -2.65. The summed E-state index contributed by atoms with van der Waals surface area (Å²) in [5.74, 6) is 1.03. The van der Waals surface area contributed by atoms with Gasteiger partial charge in [0.15, 0.2) is 0 Å². The summed E-state index contributed by atoms with van der Waals surface area (Å²) in [7, 11) is 1.91. The van der Waals surface area contributed by atoms with Crippen LogP contribution in [0.25, 0.3) is 0 Å². The molecule has 0 spiro atoms. The van der Waals surface area contributed by atoms with Crippen molar-refractivity contribution in [2.75, 3.05) is 20.2 Å². The van der Waals surface area contributed by atoms with Crippen LogP contribution in [0.15, 0.2) is 0 Å². The summed E-state index contributed by atoms with van der Waals surface area (Å²) >= 11 is 0. The van der Waals surface area contributed by atoms with Crippen molar-refractivity contribution in [2.24, 2.45) is 23.0 Å². The summed E-state index contributed by atoms with van der Waals surface area (Å²) in [5.41, 5.74) is 5.61. The van der Waals surface area contributed by atoms with E-state index in [1.54, 1.807) is 0 Å². The van der Waals surface area contributed by atoms with Crippen LogP contribution in [0.4, 0.5) is 0 Å². The van der Waals surface area contributed by atoms with Crippen LogP contribution in [-0.4, -0.2) is 42.6 Å². The molecule has 3 rings (SSSR count). The molecule has 2 saturated carbocycles. The fourth-order valence-electron chi connectivity index (χ4n) is 4.10. The van der Waals surface area contributed by atoms with E-state index in [0.29, 0.717) is 5.92 Å². The molecule has 0 radical (unpaired) electrons. The van der Waals surface area contributed by atoms with Gasteiger partial charge in [-0.3, -0.25) is 4.79 Å². The number of amides is 1. The molecular formula is C15H26N2O2. The van der Waals surface area contributed by atoms with Crippen LogP contribution >= 0.6 is 0 Å². The van der Waals surface area contributed by atoms with Gasteiger partial charge in [-0.05, 0) is 31.6 Å². The topological polar surface area (TPSA) is 55.6 Å². The van der Waals surface area contributed by atoms with E-state index in [2.05, 4.69) is 13.8 Å². The van der Waals surface area contributed by atoms with Gasteiger partial charge < -0.3 is 15.4 Å². The van der Waals surface area contributed by atoms with Gasteiger partial charge in [-0.1, -0.05) is 13.8 Å². The maximum absolute atomic E-state index is 12.8. The smallest absolute Gasteiger partial charge is 0.243 e. The van der Waals surface area contributed by atoms with Crippen molar-refractivity contribution < 1.29 is 9.53 Å². The van der Waals surface area contributed by atoms with Crippen LogP contribution in [0.5, 0.6) is 0 Å². The van der Waals surface area contributed by atoms with Gasteiger partial charge in [-0.25, -0.2) is 0 Å². The summed E-state index contributed by atoms with van der Waals surface area (Å²) in [6.45, 7) is 5.85. The van der Waals surface area contributed by atoms with Crippen molar-refractivity contribution in [3.8, 4) is 0 Å². The fourth-order valence-corrected chi connectivity index (χ4v) is 4.10. The average molecular weight is 266 g/mol. The number of nitrogens with two attached hydrogens (primary N) is 1. The molecule has 0 aromatic carbocycles. The number of ether oxygens (including phenoxy) is 1. The number of carbonyl (C=O) groups is 1. The minimum atomic E-state index is -0.734. The molecule has 3 fully saturated rings. The summed E-state index contributed by atoms with van der Waals surface area (Å²) in [5, 5.41) is 0. The molecule has 19 heavy (non-hydrogen) atoms. The molecule has 1 aliphatic heterocycles. The fraction of sp³-hybridized carbons (Fsp3) is 0.933. The minimum absolute atomic E-state index is 0.121. The van der Waals surface area contributed by atoms with Gasteiger partial charge in [0.1, 0.15) is 5.54 Å². The largest absolute Gasteiger partial charge is 0.377 e. The van der Waals surface area contributed by atoms with Gasteiger partial charge in [-0.2, -0.15) is 0 Å². The second-order valence-corrected chi connectivity index (χ2v) is 7.26. The Morgan fingerprint density at radius 1 is 1.37 bits per heavy atom. The standard InChI is InChI=1S/C15H26N2O2/c1-14(2)12-11(5-4-8-19-12)15(14,16)13(18)17(3)9-10-6-7-10/h10-12H,4-9,16H2,1-3H3. The van der Waals surface area contributed by atoms with E-state index < -0.39 is 5.54 Å². The summed E-state index contributed by atoms with van der Waals surface area (Å²) in [6, 6.07) is 0. The van der Waals surface area contributed by atoms with Crippen molar-refractivity contribution in [1.82, 2.24) is 4.90 Å². The van der Waals surface area contributed by atoms with E-state index in [9.17, 15) is 4.79 Å². The van der Waals surface area contributed by atoms with Crippen molar-refractivity contribution in [1.29, 1.82) is 0 Å². The molecule has 3 aliphatic rings. The molecule has 0 bridgehead atoms. The molecule has 1 saturated heterocycles. The lowest BCUT2D eigenvalue weighted by molar-refractivity contribution is -0.229. The Balaban J connectivity index is 1.78. The van der Waals surface area contributed by atoms with Crippen LogP contribution in [-0.2, 0) is 9.53 Å². The maximum Gasteiger partial charge on any atom is 0.243 e. The number of nitrogens with zero attached hydrogens (tertiary/aromatic N) is 1. The Morgan fingerprint density at radius 3 is 2.68 bits per heavy atom. The molecular weight excluding hydrogens is 240 g/mol. The van der Waals surface area contributed by atoms with Crippen molar-refractivity contribution in [3.05, 3.63) is 0 Å². The molecule has 3 atom stereocenters. The third kappa shape index (κ3) is 1.76. The quantitative estimate of drug-likeness (QED) is 0.840. The number of hydrogen-bond donors (Lipinski definition) is 1. The summed E-state index contributed by atoms with van der Waals surface area (Å²) in [4.78, 5) is 14.7. The number of hydrogen-bond acceptors (Lipinski definition) is 3. The molecule has 1 heterocycles. The zero-order valence-electron chi connectivity index (χ0n) is 12.3. The molecule has 3 unspecified atom stereocenters. The Kier molecular flexibility index (Phi) is 2.95. The zero-order chi connectivity index (χ0) is 13.8. The molecule has 4 heteroatoms. The van der Waals surface area contributed by atoms with E-state index in [-0.39, 0.29) is 23.3 Å². The highest BCUT2D eigenvalue weighted by molar-refractivity contribution is 5.89. The first-order valence-electron chi connectivity index (χ1n) is 7.55. The maximum atomic E-state index is 12.8. The highest BCUT2D eigenvalue weighted by Crippen LogP contribution is 2.58. The van der Waals surface area contributed by atoms with Crippen LogP contribution in [0.3, 0.4) is 0 Å². The van der Waals surface area contributed by atoms with Gasteiger partial charge in [0.2, 0.25) is 5.91 Å². The van der Waals surface area contributed by atoms with E-state index in [4.69, 9.17) is 10.5 Å². The van der Waals surface area contributed by atoms with Gasteiger partial charge in [0.25, 0.3) is 0 Å². The third-order valence-electron chi connectivity index (χ3n) is 5.61. The number of rotatable bonds is 3. The van der Waals surface area contributed by atoms with Gasteiger partial charge in [0.05, 0.1) is 6.10 Å². The number of likely N-dealkylation sites (N-methyl/N-ethyl adjacent to an activating group) is 1. The first-order chi connectivity index (χ1) is 8.89. The second-order valence-electron chi connectivity index (χ2n) is 7.26. The number of fused-ring (bicyclic) bond motifs is 1. The van der Waals surface area contributed by atoms with E-state index >= 15 is 0 Å². The van der Waals surface area contributed by atoms with Crippen LogP contribution in [0.1, 0.15) is 39.5 Å². The highest BCUT2D eigenvalue weighted by Gasteiger charge is 2.70. The Bertz CT molecular complexity index is 392. The van der Waals surface area contributed by atoms with Crippen molar-refractivity contribution in [2.45, 2.75) is 51.2 Å². The average Bonchev–Trinajstić information content (AvgIpc) is 3.20. The first-order valence-corrected chi connectivity index (χ1v) is 7.55.